The van der Waals surface area contributed by atoms with Gasteiger partial charge in [-0.25, -0.2) is 9.59 Å². The summed E-state index contributed by atoms with van der Waals surface area (Å²) in [5, 5.41) is 17.2. The predicted octanol–water partition coefficient (Wildman–Crippen LogP) is 5.47. The van der Waals surface area contributed by atoms with Gasteiger partial charge in [0.15, 0.2) is 0 Å². The third-order valence-electron chi connectivity index (χ3n) is 12.6. The lowest BCUT2D eigenvalue weighted by atomic mass is 9.49. The van der Waals surface area contributed by atoms with Crippen LogP contribution in [-0.4, -0.2) is 108 Å². The van der Waals surface area contributed by atoms with Gasteiger partial charge in [0.1, 0.15) is 35.4 Å². The summed E-state index contributed by atoms with van der Waals surface area (Å²) in [6.07, 6.45) is 4.55. The van der Waals surface area contributed by atoms with Crippen LogP contribution < -0.4 is 31.9 Å². The first-order valence-corrected chi connectivity index (χ1v) is 24.0. The Morgan fingerprint density at radius 1 is 0.657 bits per heavy atom. The predicted molar refractivity (Wildman–Crippen MR) is 254 cm³/mol. The zero-order valence-electron chi connectivity index (χ0n) is 40.9. The Kier molecular flexibility index (Phi) is 17.9. The summed E-state index contributed by atoms with van der Waals surface area (Å²) in [7, 11) is 0. The normalized spacial score (nSPS) is 18.1. The first-order valence-electron chi connectivity index (χ1n) is 24.0. The minimum Gasteiger partial charge on any atom is -0.444 e. The van der Waals surface area contributed by atoms with E-state index in [1.165, 1.54) is 0 Å². The molecule has 2 heterocycles. The Hall–Kier alpha value is -5.67. The van der Waals surface area contributed by atoms with E-state index in [9.17, 15) is 33.6 Å². The van der Waals surface area contributed by atoms with Gasteiger partial charge in [0.2, 0.25) is 29.5 Å². The van der Waals surface area contributed by atoms with Crippen LogP contribution in [0.5, 0.6) is 0 Å². The Balaban J connectivity index is 1.31. The topological polar surface area (TPSA) is 213 Å². The Morgan fingerprint density at radius 3 is 1.66 bits per heavy atom. The molecule has 1 aliphatic carbocycles. The average molecular weight is 930 g/mol. The van der Waals surface area contributed by atoms with Crippen molar-refractivity contribution in [2.75, 3.05) is 26.2 Å². The number of likely N-dealkylation sites (tertiary alicyclic amines) is 1. The number of amides is 7. The molecular weight excluding hydrogens is 855 g/mol. The van der Waals surface area contributed by atoms with Crippen LogP contribution in [-0.2, 0) is 46.3 Å². The molecule has 67 heavy (non-hydrogen) atoms. The first kappa shape index (κ1) is 52.3. The number of piperidine rings is 1. The van der Waals surface area contributed by atoms with Gasteiger partial charge in [0.25, 0.3) is 0 Å². The molecule has 0 aromatic heterocycles. The number of hydrogen-bond acceptors (Lipinski definition) is 9. The number of nitrogens with one attached hydrogen (secondary N) is 6. The van der Waals surface area contributed by atoms with Crippen molar-refractivity contribution < 1.29 is 43.0 Å². The third kappa shape index (κ3) is 16.6. The zero-order chi connectivity index (χ0) is 49.0. The molecule has 1 saturated carbocycles. The number of ether oxygens (including phenoxy) is 2. The van der Waals surface area contributed by atoms with E-state index in [0.717, 1.165) is 36.8 Å². The van der Waals surface area contributed by atoms with E-state index in [0.29, 0.717) is 51.9 Å². The Labute approximate surface area is 396 Å². The highest BCUT2D eigenvalue weighted by atomic mass is 16.6. The van der Waals surface area contributed by atoms with Crippen LogP contribution in [0.15, 0.2) is 60.7 Å². The summed E-state index contributed by atoms with van der Waals surface area (Å²) in [5.74, 6) is -1.90. The fraction of sp³-hybridized carbons (Fsp3) is 0.627. The number of hydrogen-bond donors (Lipinski definition) is 6. The molecule has 2 aromatic rings. The maximum Gasteiger partial charge on any atom is 0.408 e. The highest BCUT2D eigenvalue weighted by Gasteiger charge is 2.57. The van der Waals surface area contributed by atoms with Gasteiger partial charge in [-0.3, -0.25) is 24.0 Å². The molecule has 3 aliphatic rings. The molecule has 2 spiro atoms. The van der Waals surface area contributed by atoms with Gasteiger partial charge in [-0.1, -0.05) is 74.5 Å². The summed E-state index contributed by atoms with van der Waals surface area (Å²) in [4.78, 5) is 96.7. The summed E-state index contributed by atoms with van der Waals surface area (Å²) in [6.45, 7) is 16.5. The highest BCUT2D eigenvalue weighted by molar-refractivity contribution is 5.95. The van der Waals surface area contributed by atoms with Gasteiger partial charge in [-0.15, -0.1) is 0 Å². The number of unbranched alkanes of at least 4 members (excludes halogenated alkanes) is 1. The molecule has 2 saturated heterocycles. The van der Waals surface area contributed by atoms with Crippen molar-refractivity contribution in [1.82, 2.24) is 36.8 Å². The standard InChI is InChI=1S/C51H75N7O9/c1-34(2)27-38(55-43(61)39(28-35-17-11-9-12-18-35)56-44(62)40(29-36-19-13-10-14-20-36)57-47(65)67-49(6,7)8)42(60)54-37(21-15-16-24-52-46(64)66-48(3,4)5)45(63)58-25-22-50(23-26-58)31-51(32-50)30-41(59)53-33-51/h9-14,17-20,34,37-40H,15-16,21-33H2,1-8H3,(H,52,64)(H,53,59)(H,54,60)(H,55,61)(H,56,62)(H,57,65)/t37-,38-,39-,40-/m1/s1. The number of benzene rings is 2. The van der Waals surface area contributed by atoms with E-state index in [4.69, 9.17) is 9.47 Å². The second-order valence-electron chi connectivity index (χ2n) is 21.4. The van der Waals surface area contributed by atoms with Gasteiger partial charge < -0.3 is 46.3 Å². The molecule has 3 fully saturated rings. The Morgan fingerprint density at radius 2 is 1.15 bits per heavy atom. The molecule has 16 heteroatoms. The van der Waals surface area contributed by atoms with Gasteiger partial charge in [0, 0.05) is 45.4 Å². The van der Waals surface area contributed by atoms with Crippen LogP contribution in [0, 0.1) is 16.7 Å². The van der Waals surface area contributed by atoms with Crippen LogP contribution in [0.2, 0.25) is 0 Å². The summed E-state index contributed by atoms with van der Waals surface area (Å²) < 4.78 is 10.9. The molecular formula is C51H75N7O9. The van der Waals surface area contributed by atoms with E-state index in [-0.39, 0.29) is 47.8 Å². The van der Waals surface area contributed by atoms with E-state index in [1.807, 2.05) is 79.4 Å². The molecule has 0 bridgehead atoms. The van der Waals surface area contributed by atoms with E-state index in [2.05, 4.69) is 31.9 Å². The largest absolute Gasteiger partial charge is 0.444 e. The molecule has 0 unspecified atom stereocenters. The smallest absolute Gasteiger partial charge is 0.408 e. The van der Waals surface area contributed by atoms with Crippen LogP contribution in [0.1, 0.15) is 124 Å². The highest BCUT2D eigenvalue weighted by Crippen LogP contribution is 2.62. The van der Waals surface area contributed by atoms with Gasteiger partial charge in [-0.2, -0.15) is 0 Å². The number of carbonyl (C=O) groups excluding carboxylic acids is 7. The number of alkyl carbamates (subject to hydrolysis) is 2. The van der Waals surface area contributed by atoms with Crippen molar-refractivity contribution in [2.24, 2.45) is 16.7 Å². The maximum absolute atomic E-state index is 14.5. The van der Waals surface area contributed by atoms with Gasteiger partial charge in [0.05, 0.1) is 0 Å². The van der Waals surface area contributed by atoms with Crippen molar-refractivity contribution in [2.45, 2.75) is 161 Å². The monoisotopic (exact) mass is 930 g/mol. The van der Waals surface area contributed by atoms with Crippen molar-refractivity contribution in [1.29, 1.82) is 0 Å². The van der Waals surface area contributed by atoms with E-state index in [1.54, 1.807) is 41.5 Å². The van der Waals surface area contributed by atoms with Crippen LogP contribution >= 0.6 is 0 Å². The molecule has 0 radical (unpaired) electrons. The minimum atomic E-state index is -1.16. The lowest BCUT2D eigenvalue weighted by molar-refractivity contribution is -0.143. The van der Waals surface area contributed by atoms with Crippen molar-refractivity contribution in [3.63, 3.8) is 0 Å². The maximum atomic E-state index is 14.5. The molecule has 2 aliphatic heterocycles. The lowest BCUT2D eigenvalue weighted by Gasteiger charge is -2.57. The third-order valence-corrected chi connectivity index (χ3v) is 12.6. The summed E-state index contributed by atoms with van der Waals surface area (Å²) in [6, 6.07) is 14.1. The fourth-order valence-electron chi connectivity index (χ4n) is 9.64. The molecule has 16 nitrogen and oxygen atoms in total. The Bertz CT molecular complexity index is 2020. The van der Waals surface area contributed by atoms with Crippen LogP contribution in [0.4, 0.5) is 9.59 Å². The zero-order valence-corrected chi connectivity index (χ0v) is 40.9. The first-order chi connectivity index (χ1) is 31.5. The average Bonchev–Trinajstić information content (AvgIpc) is 3.61. The molecule has 6 N–H and O–H groups in total. The fourth-order valence-corrected chi connectivity index (χ4v) is 9.64. The summed E-state index contributed by atoms with van der Waals surface area (Å²) in [5.41, 5.74) is 0.180. The van der Waals surface area contributed by atoms with Crippen LogP contribution in [0.3, 0.4) is 0 Å². The van der Waals surface area contributed by atoms with Gasteiger partial charge >= 0.3 is 12.2 Å². The van der Waals surface area contributed by atoms with Crippen molar-refractivity contribution in [3.8, 4) is 0 Å². The number of nitrogens with zero attached hydrogens (tertiary/aromatic N) is 1. The number of carbonyl (C=O) groups is 7. The summed E-state index contributed by atoms with van der Waals surface area (Å²) >= 11 is 0. The molecule has 7 amide bonds. The van der Waals surface area contributed by atoms with Crippen molar-refractivity contribution in [3.05, 3.63) is 71.8 Å². The molecule has 368 valence electrons. The molecule has 2 aromatic carbocycles. The molecule has 5 rings (SSSR count). The minimum absolute atomic E-state index is 0.0206. The lowest BCUT2D eigenvalue weighted by Crippen LogP contribution is -2.60. The number of rotatable bonds is 19. The second-order valence-corrected chi connectivity index (χ2v) is 21.4. The van der Waals surface area contributed by atoms with Crippen molar-refractivity contribution >= 4 is 41.7 Å². The van der Waals surface area contributed by atoms with Crippen LogP contribution in [0.25, 0.3) is 0 Å². The van der Waals surface area contributed by atoms with Gasteiger partial charge in [-0.05, 0) is 121 Å². The second kappa shape index (κ2) is 22.9. The van der Waals surface area contributed by atoms with E-state index < -0.39 is 65.3 Å². The SMILES string of the molecule is CC(C)C[C@@H](NC(=O)[C@@H](Cc1ccccc1)NC(=O)[C@@H](Cc1ccccc1)NC(=O)OC(C)(C)C)C(=O)N[C@H](CCCCNC(=O)OC(C)(C)C)C(=O)N1CCC2(CC1)CC1(CNC(=O)C1)C2. The van der Waals surface area contributed by atoms with E-state index >= 15 is 0 Å². The quantitative estimate of drug-likeness (QED) is 0.0985. The molecule has 4 atom stereocenters.